The number of rotatable bonds is 2. The van der Waals surface area contributed by atoms with Gasteiger partial charge in [0.1, 0.15) is 17.5 Å². The monoisotopic (exact) mass is 340 g/mol. The van der Waals surface area contributed by atoms with E-state index in [1.54, 1.807) is 0 Å². The Bertz CT molecular complexity index is 849. The van der Waals surface area contributed by atoms with Crippen molar-refractivity contribution < 1.29 is 13.3 Å². The minimum Gasteiger partial charge on any atom is -0.330 e. The molecule has 120 valence electrons. The smallest absolute Gasteiger partial charge is 0.296 e. The molecule has 7 nitrogen and oxygen atoms in total. The molecule has 0 radical (unpaired) electrons. The summed E-state index contributed by atoms with van der Waals surface area (Å²) in [6, 6.07) is 3.18. The van der Waals surface area contributed by atoms with Crippen LogP contribution in [0.2, 0.25) is 0 Å². The summed E-state index contributed by atoms with van der Waals surface area (Å²) in [5, 5.41) is 15.0. The quantitative estimate of drug-likeness (QED) is 0.766. The Morgan fingerprint density at radius 3 is 2.91 bits per heavy atom. The number of benzene rings is 1. The van der Waals surface area contributed by atoms with Crippen LogP contribution in [0.5, 0.6) is 0 Å². The molecule has 0 aliphatic carbocycles. The molecule has 1 aliphatic heterocycles. The predicted molar refractivity (Wildman–Crippen MR) is 77.6 cm³/mol. The van der Waals surface area contributed by atoms with Gasteiger partial charge in [0.15, 0.2) is 0 Å². The summed E-state index contributed by atoms with van der Waals surface area (Å²) < 4.78 is 33.7. The Labute approximate surface area is 135 Å². The summed E-state index contributed by atoms with van der Waals surface area (Å²) in [6.07, 6.45) is 0. The highest BCUT2D eigenvalue weighted by atomic mass is 35.5. The third-order valence-electron chi connectivity index (χ3n) is 3.41. The first-order valence-corrected chi connectivity index (χ1v) is 6.64. The maximum Gasteiger partial charge on any atom is 0.296 e. The predicted octanol–water partition coefficient (Wildman–Crippen LogP) is 1.80. The van der Waals surface area contributed by atoms with E-state index in [0.29, 0.717) is 18.9 Å². The van der Waals surface area contributed by atoms with Crippen LogP contribution >= 0.6 is 12.4 Å². The highest BCUT2D eigenvalue weighted by Gasteiger charge is 2.22. The van der Waals surface area contributed by atoms with Gasteiger partial charge in [-0.1, -0.05) is 5.16 Å². The van der Waals surface area contributed by atoms with Gasteiger partial charge in [-0.05, 0) is 12.1 Å². The zero-order chi connectivity index (χ0) is 15.1. The maximum absolute atomic E-state index is 13.8. The summed E-state index contributed by atoms with van der Waals surface area (Å²) in [6.45, 7) is 2.08. The van der Waals surface area contributed by atoms with Crippen LogP contribution in [0, 0.1) is 11.6 Å². The van der Waals surface area contributed by atoms with Crippen molar-refractivity contribution in [3.05, 3.63) is 35.7 Å². The Morgan fingerprint density at radius 2 is 2.09 bits per heavy atom. The second-order valence-electron chi connectivity index (χ2n) is 4.82. The fourth-order valence-electron chi connectivity index (χ4n) is 2.34. The third-order valence-corrected chi connectivity index (χ3v) is 3.41. The van der Waals surface area contributed by atoms with Crippen molar-refractivity contribution in [3.63, 3.8) is 0 Å². The molecule has 4 rings (SSSR count). The Balaban J connectivity index is 0.00000156. The summed E-state index contributed by atoms with van der Waals surface area (Å²) in [5.41, 5.74) is 0.0662. The van der Waals surface area contributed by atoms with Crippen molar-refractivity contribution in [2.24, 2.45) is 0 Å². The van der Waals surface area contributed by atoms with Gasteiger partial charge in [0.05, 0.1) is 12.1 Å². The third kappa shape index (κ3) is 2.68. The van der Waals surface area contributed by atoms with Crippen LogP contribution in [0.25, 0.3) is 23.1 Å². The van der Waals surface area contributed by atoms with E-state index in [9.17, 15) is 8.78 Å². The molecule has 0 amide bonds. The van der Waals surface area contributed by atoms with Crippen molar-refractivity contribution in [1.82, 2.24) is 30.2 Å². The molecule has 3 aromatic rings. The number of aromatic nitrogens is 5. The van der Waals surface area contributed by atoms with E-state index in [2.05, 4.69) is 25.7 Å². The normalized spacial score (nSPS) is 13.5. The van der Waals surface area contributed by atoms with Gasteiger partial charge in [0.2, 0.25) is 11.6 Å². The SMILES string of the molecule is Cl.Fc1ccc(-c2noc(-c3nnc4n3CCNC4)n2)c(F)c1. The van der Waals surface area contributed by atoms with Gasteiger partial charge >= 0.3 is 0 Å². The van der Waals surface area contributed by atoms with Gasteiger partial charge < -0.3 is 14.4 Å². The van der Waals surface area contributed by atoms with Crippen molar-refractivity contribution >= 4 is 12.4 Å². The van der Waals surface area contributed by atoms with E-state index in [1.807, 2.05) is 4.57 Å². The molecular formula is C13H11ClF2N6O. The molecule has 0 bridgehead atoms. The molecule has 0 spiro atoms. The van der Waals surface area contributed by atoms with Crippen LogP contribution in [0.4, 0.5) is 8.78 Å². The van der Waals surface area contributed by atoms with Gasteiger partial charge in [-0.25, -0.2) is 8.78 Å². The Morgan fingerprint density at radius 1 is 1.22 bits per heavy atom. The lowest BCUT2D eigenvalue weighted by molar-refractivity contribution is 0.423. The van der Waals surface area contributed by atoms with E-state index in [-0.39, 0.29) is 29.7 Å². The lowest BCUT2D eigenvalue weighted by Crippen LogP contribution is -2.28. The summed E-state index contributed by atoms with van der Waals surface area (Å²) >= 11 is 0. The first-order chi connectivity index (χ1) is 10.7. The summed E-state index contributed by atoms with van der Waals surface area (Å²) in [5.74, 6) is -0.00582. The van der Waals surface area contributed by atoms with Crippen molar-refractivity contribution in [2.75, 3.05) is 6.54 Å². The van der Waals surface area contributed by atoms with Crippen molar-refractivity contribution in [3.8, 4) is 23.1 Å². The van der Waals surface area contributed by atoms with Crippen molar-refractivity contribution in [1.29, 1.82) is 0 Å². The number of nitrogens with one attached hydrogen (secondary N) is 1. The largest absolute Gasteiger partial charge is 0.330 e. The van der Waals surface area contributed by atoms with E-state index in [4.69, 9.17) is 4.52 Å². The van der Waals surface area contributed by atoms with Crippen molar-refractivity contribution in [2.45, 2.75) is 13.1 Å². The molecule has 1 aliphatic rings. The molecule has 1 aromatic carbocycles. The van der Waals surface area contributed by atoms with Crippen LogP contribution in [0.15, 0.2) is 22.7 Å². The van der Waals surface area contributed by atoms with E-state index in [0.717, 1.165) is 24.5 Å². The zero-order valence-electron chi connectivity index (χ0n) is 11.7. The average molecular weight is 341 g/mol. The Kier molecular flexibility index (Phi) is 4.05. The van der Waals surface area contributed by atoms with Gasteiger partial charge in [-0.3, -0.25) is 0 Å². The van der Waals surface area contributed by atoms with E-state index in [1.165, 1.54) is 6.07 Å². The minimum absolute atomic E-state index is 0. The average Bonchev–Trinajstić information content (AvgIpc) is 3.13. The van der Waals surface area contributed by atoms with Crippen LogP contribution in [0.1, 0.15) is 5.82 Å². The molecule has 0 atom stereocenters. The molecule has 23 heavy (non-hydrogen) atoms. The molecule has 0 saturated carbocycles. The number of hydrogen-bond donors (Lipinski definition) is 1. The highest BCUT2D eigenvalue weighted by molar-refractivity contribution is 5.85. The fourth-order valence-corrected chi connectivity index (χ4v) is 2.34. The van der Waals surface area contributed by atoms with E-state index < -0.39 is 11.6 Å². The molecule has 2 aromatic heterocycles. The maximum atomic E-state index is 13.8. The molecule has 3 heterocycles. The molecule has 1 N–H and O–H groups in total. The topological polar surface area (TPSA) is 81.7 Å². The van der Waals surface area contributed by atoms with Crippen LogP contribution in [0.3, 0.4) is 0 Å². The molecular weight excluding hydrogens is 330 g/mol. The second kappa shape index (κ2) is 6.01. The van der Waals surface area contributed by atoms with Crippen LogP contribution in [-0.2, 0) is 13.1 Å². The number of nitrogens with zero attached hydrogens (tertiary/aromatic N) is 5. The van der Waals surface area contributed by atoms with Crippen LogP contribution in [-0.4, -0.2) is 31.4 Å². The van der Waals surface area contributed by atoms with Gasteiger partial charge in [-0.2, -0.15) is 4.98 Å². The first kappa shape index (κ1) is 15.5. The number of fused-ring (bicyclic) bond motifs is 1. The first-order valence-electron chi connectivity index (χ1n) is 6.64. The molecule has 0 saturated heterocycles. The minimum atomic E-state index is -0.750. The fraction of sp³-hybridized carbons (Fsp3) is 0.231. The van der Waals surface area contributed by atoms with Gasteiger partial charge in [-0.15, -0.1) is 22.6 Å². The van der Waals surface area contributed by atoms with E-state index >= 15 is 0 Å². The zero-order valence-corrected chi connectivity index (χ0v) is 12.5. The number of hydrogen-bond acceptors (Lipinski definition) is 6. The Hall–Kier alpha value is -2.39. The van der Waals surface area contributed by atoms with Gasteiger partial charge in [0, 0.05) is 19.2 Å². The van der Waals surface area contributed by atoms with Gasteiger partial charge in [0.25, 0.3) is 5.89 Å². The molecule has 10 heteroatoms. The number of halogens is 3. The second-order valence-corrected chi connectivity index (χ2v) is 4.82. The molecule has 0 unspecified atom stereocenters. The summed E-state index contributed by atoms with van der Waals surface area (Å²) in [7, 11) is 0. The van der Waals surface area contributed by atoms with Crippen LogP contribution < -0.4 is 5.32 Å². The summed E-state index contributed by atoms with van der Waals surface area (Å²) in [4.78, 5) is 4.14. The standard InChI is InChI=1S/C13H10F2N6O.ClH/c14-7-1-2-8(9(15)5-7)11-17-13(22-20-11)12-19-18-10-6-16-3-4-21(10)12;/h1-2,5,16H,3-4,6H2;1H. The lowest BCUT2D eigenvalue weighted by atomic mass is 10.2. The highest BCUT2D eigenvalue weighted by Crippen LogP contribution is 2.24. The lowest BCUT2D eigenvalue weighted by Gasteiger charge is -2.14. The molecule has 0 fully saturated rings.